The van der Waals surface area contributed by atoms with Crippen molar-refractivity contribution in [3.63, 3.8) is 0 Å². The molecule has 12 nitrogen and oxygen atoms in total. The van der Waals surface area contributed by atoms with Gasteiger partial charge in [-0.2, -0.15) is 36.3 Å². The maximum atomic E-state index is 13.4. The molecule has 4 aromatic rings. The van der Waals surface area contributed by atoms with Crippen molar-refractivity contribution in [1.29, 1.82) is 0 Å². The molecule has 1 fully saturated rings. The highest BCUT2D eigenvalue weighted by Crippen LogP contribution is 2.38. The fourth-order valence-corrected chi connectivity index (χ4v) is 5.64. The summed E-state index contributed by atoms with van der Waals surface area (Å²) >= 11 is 0. The summed E-state index contributed by atoms with van der Waals surface area (Å²) in [6.07, 6.45) is -8.01. The van der Waals surface area contributed by atoms with Crippen molar-refractivity contribution in [3.8, 4) is 0 Å². The standard InChI is InChI=1S/C29H32F6N10O2/c1-16-14-45(25-22-24(39-26(40-25)41-36)43(15-38-22)11-10-42(3)27(46)47)17(2)13-44(16)23(18-4-6-19(7-5-18)28(30,31)32)21-9-8-20(12-37-21)29(33,34)35/h4-9,12,15-17,23H,10-11,13-14,36H2,1-3H3,(H,46,47)(H,39,40,41)/t16-,17+,23?/m1/s1. The van der Waals surface area contributed by atoms with Gasteiger partial charge >= 0.3 is 18.4 Å². The highest BCUT2D eigenvalue weighted by Gasteiger charge is 2.39. The van der Waals surface area contributed by atoms with E-state index in [2.05, 4.69) is 25.4 Å². The monoisotopic (exact) mass is 666 g/mol. The van der Waals surface area contributed by atoms with E-state index in [4.69, 9.17) is 5.84 Å². The van der Waals surface area contributed by atoms with Crippen LogP contribution >= 0.6 is 0 Å². The van der Waals surface area contributed by atoms with Crippen molar-refractivity contribution in [2.45, 2.75) is 50.9 Å². The Balaban J connectivity index is 1.49. The van der Waals surface area contributed by atoms with Gasteiger partial charge in [0.2, 0.25) is 5.95 Å². The fourth-order valence-electron chi connectivity index (χ4n) is 5.64. The summed E-state index contributed by atoms with van der Waals surface area (Å²) < 4.78 is 81.8. The average molecular weight is 667 g/mol. The number of carbonyl (C=O) groups is 1. The molecule has 18 heteroatoms. The normalized spacial score (nSPS) is 18.4. The molecular formula is C29H32F6N10O2. The van der Waals surface area contributed by atoms with E-state index in [0.717, 1.165) is 29.3 Å². The molecule has 3 atom stereocenters. The summed E-state index contributed by atoms with van der Waals surface area (Å²) in [6, 6.07) is 5.31. The summed E-state index contributed by atoms with van der Waals surface area (Å²) in [4.78, 5) is 34.0. The molecule has 0 spiro atoms. The molecule has 1 saturated heterocycles. The maximum absolute atomic E-state index is 13.4. The Bertz CT molecular complexity index is 1650. The number of piperazine rings is 1. The zero-order valence-electron chi connectivity index (χ0n) is 25.5. The second-order valence-corrected chi connectivity index (χ2v) is 11.4. The summed E-state index contributed by atoms with van der Waals surface area (Å²) in [5, 5.41) is 9.21. The molecule has 0 aliphatic carbocycles. The molecule has 0 radical (unpaired) electrons. The third-order valence-corrected chi connectivity index (χ3v) is 8.16. The lowest BCUT2D eigenvalue weighted by molar-refractivity contribution is -0.138. The fraction of sp³-hybridized carbons (Fsp3) is 0.414. The van der Waals surface area contributed by atoms with Crippen LogP contribution in [0.4, 0.5) is 42.9 Å². The molecule has 47 heavy (non-hydrogen) atoms. The number of hydrogen-bond acceptors (Lipinski definition) is 9. The summed E-state index contributed by atoms with van der Waals surface area (Å²) in [5.74, 6) is 6.23. The first-order chi connectivity index (χ1) is 22.1. The van der Waals surface area contributed by atoms with Crippen LogP contribution in [0.2, 0.25) is 0 Å². The van der Waals surface area contributed by atoms with Gasteiger partial charge in [0.1, 0.15) is 0 Å². The number of halogens is 6. The third kappa shape index (κ3) is 7.02. The Morgan fingerprint density at radius 2 is 1.66 bits per heavy atom. The molecule has 1 aromatic carbocycles. The van der Waals surface area contributed by atoms with Crippen LogP contribution in [0.1, 0.15) is 42.3 Å². The van der Waals surface area contributed by atoms with Crippen LogP contribution in [0.15, 0.2) is 48.9 Å². The summed E-state index contributed by atoms with van der Waals surface area (Å²) in [7, 11) is 1.44. The molecule has 5 rings (SSSR count). The number of fused-ring (bicyclic) bond motifs is 1. The van der Waals surface area contributed by atoms with Crippen LogP contribution in [-0.2, 0) is 18.9 Å². The Kier molecular flexibility index (Phi) is 9.18. The first kappa shape index (κ1) is 33.6. The van der Waals surface area contributed by atoms with Crippen molar-refractivity contribution in [3.05, 3.63) is 71.3 Å². The average Bonchev–Trinajstić information content (AvgIpc) is 3.43. The minimum atomic E-state index is -4.61. The van der Waals surface area contributed by atoms with Gasteiger partial charge in [-0.05, 0) is 43.7 Å². The molecule has 0 bridgehead atoms. The summed E-state index contributed by atoms with van der Waals surface area (Å²) in [6.45, 7) is 4.88. The number of benzene rings is 1. The Labute approximate surface area is 264 Å². The molecule has 252 valence electrons. The molecule has 3 aromatic heterocycles. The minimum absolute atomic E-state index is 0.0970. The highest BCUT2D eigenvalue weighted by atomic mass is 19.4. The number of nitrogens with two attached hydrogens (primary N) is 1. The minimum Gasteiger partial charge on any atom is -0.465 e. The molecule has 0 saturated carbocycles. The lowest BCUT2D eigenvalue weighted by Gasteiger charge is -2.47. The number of anilines is 2. The van der Waals surface area contributed by atoms with Crippen molar-refractivity contribution in [1.82, 2.24) is 34.3 Å². The predicted octanol–water partition coefficient (Wildman–Crippen LogP) is 4.84. The van der Waals surface area contributed by atoms with Crippen LogP contribution in [-0.4, -0.2) is 84.3 Å². The molecular weight excluding hydrogens is 634 g/mol. The number of nitrogen functional groups attached to an aromatic ring is 1. The van der Waals surface area contributed by atoms with Gasteiger partial charge in [0.05, 0.1) is 29.2 Å². The summed E-state index contributed by atoms with van der Waals surface area (Å²) in [5.41, 5.74) is 2.20. The first-order valence-corrected chi connectivity index (χ1v) is 14.4. The third-order valence-electron chi connectivity index (χ3n) is 8.16. The molecule has 4 heterocycles. The van der Waals surface area contributed by atoms with Crippen LogP contribution in [0, 0.1) is 0 Å². The first-order valence-electron chi connectivity index (χ1n) is 14.4. The van der Waals surface area contributed by atoms with E-state index in [0.29, 0.717) is 35.6 Å². The van der Waals surface area contributed by atoms with Crippen molar-refractivity contribution in [2.24, 2.45) is 5.84 Å². The van der Waals surface area contributed by atoms with E-state index in [1.54, 1.807) is 4.57 Å². The maximum Gasteiger partial charge on any atom is 0.417 e. The Morgan fingerprint density at radius 1 is 1.00 bits per heavy atom. The van der Waals surface area contributed by atoms with Crippen LogP contribution in [0.3, 0.4) is 0 Å². The number of pyridine rings is 1. The van der Waals surface area contributed by atoms with Gasteiger partial charge < -0.3 is 19.5 Å². The van der Waals surface area contributed by atoms with E-state index < -0.39 is 35.6 Å². The number of aromatic nitrogens is 5. The number of hydrazine groups is 1. The van der Waals surface area contributed by atoms with Gasteiger partial charge in [0.25, 0.3) is 0 Å². The quantitative estimate of drug-likeness (QED) is 0.136. The van der Waals surface area contributed by atoms with E-state index in [9.17, 15) is 36.2 Å². The SMILES string of the molecule is C[C@@H]1CN(c2nc(NN)nc3c2ncn3CCN(C)C(=O)O)[C@@H](C)CN1C(c1ccc(C(F)(F)F)cc1)c1ccc(C(F)(F)F)cn1. The van der Waals surface area contributed by atoms with Gasteiger partial charge in [-0.15, -0.1) is 0 Å². The smallest absolute Gasteiger partial charge is 0.417 e. The number of imidazole rings is 1. The van der Waals surface area contributed by atoms with Crippen molar-refractivity contribution in [2.75, 3.05) is 37.0 Å². The van der Waals surface area contributed by atoms with Crippen LogP contribution < -0.4 is 16.2 Å². The number of carboxylic acid groups (broad SMARTS) is 1. The van der Waals surface area contributed by atoms with E-state index in [-0.39, 0.29) is 36.8 Å². The van der Waals surface area contributed by atoms with Crippen molar-refractivity contribution >= 4 is 29.0 Å². The number of hydrogen-bond donors (Lipinski definition) is 3. The lowest BCUT2D eigenvalue weighted by Crippen LogP contribution is -2.57. The van der Waals surface area contributed by atoms with Crippen LogP contribution in [0.5, 0.6) is 0 Å². The van der Waals surface area contributed by atoms with E-state index >= 15 is 0 Å². The largest absolute Gasteiger partial charge is 0.465 e. The zero-order valence-corrected chi connectivity index (χ0v) is 25.5. The Hall–Kier alpha value is -4.71. The predicted molar refractivity (Wildman–Crippen MR) is 159 cm³/mol. The second kappa shape index (κ2) is 12.8. The number of alkyl halides is 6. The van der Waals surface area contributed by atoms with Gasteiger partial charge in [-0.25, -0.2) is 15.6 Å². The topological polar surface area (TPSA) is 142 Å². The number of amides is 1. The molecule has 4 N–H and O–H groups in total. The highest BCUT2D eigenvalue weighted by molar-refractivity contribution is 5.85. The molecule has 1 unspecified atom stereocenters. The van der Waals surface area contributed by atoms with Crippen LogP contribution in [0.25, 0.3) is 11.2 Å². The van der Waals surface area contributed by atoms with E-state index in [1.807, 2.05) is 23.6 Å². The van der Waals surface area contributed by atoms with Crippen molar-refractivity contribution < 1.29 is 36.2 Å². The van der Waals surface area contributed by atoms with E-state index in [1.165, 1.54) is 31.6 Å². The zero-order chi connectivity index (χ0) is 34.3. The molecule has 1 amide bonds. The van der Waals surface area contributed by atoms with Gasteiger partial charge in [-0.1, -0.05) is 12.1 Å². The number of nitrogens with zero attached hydrogens (tertiary/aromatic N) is 8. The second-order valence-electron chi connectivity index (χ2n) is 11.4. The number of likely N-dealkylation sites (N-methyl/N-ethyl adjacent to an activating group) is 1. The molecule has 1 aliphatic heterocycles. The number of rotatable bonds is 8. The van der Waals surface area contributed by atoms with Gasteiger partial charge in [-0.3, -0.25) is 15.3 Å². The van der Waals surface area contributed by atoms with Gasteiger partial charge in [0.15, 0.2) is 17.0 Å². The number of nitrogens with one attached hydrogen (secondary N) is 1. The lowest BCUT2D eigenvalue weighted by atomic mass is 9.95. The van der Waals surface area contributed by atoms with Gasteiger partial charge in [0, 0.05) is 51.5 Å². The molecule has 1 aliphatic rings. The Morgan fingerprint density at radius 3 is 2.23 bits per heavy atom.